The normalized spacial score (nSPS) is 12.7. The van der Waals surface area contributed by atoms with E-state index in [9.17, 15) is 22.8 Å². The highest BCUT2D eigenvalue weighted by Gasteiger charge is 2.37. The fraction of sp³-hybridized carbons (Fsp3) is 0.385. The van der Waals surface area contributed by atoms with Crippen molar-refractivity contribution in [2.45, 2.75) is 25.6 Å². The number of alkyl halides is 3. The van der Waals surface area contributed by atoms with Crippen LogP contribution in [0.3, 0.4) is 0 Å². The van der Waals surface area contributed by atoms with E-state index in [-0.39, 0.29) is 5.56 Å². The van der Waals surface area contributed by atoms with Gasteiger partial charge in [0, 0.05) is 10.0 Å². The maximum Gasteiger partial charge on any atom is 0.391 e. The molecule has 1 rings (SSSR count). The third-order valence-electron chi connectivity index (χ3n) is 2.66. The number of amides is 1. The highest BCUT2D eigenvalue weighted by Crippen LogP contribution is 2.22. The van der Waals surface area contributed by atoms with Gasteiger partial charge in [-0.1, -0.05) is 15.9 Å². The van der Waals surface area contributed by atoms with Crippen molar-refractivity contribution in [2.24, 2.45) is 0 Å². The topological polar surface area (TPSA) is 55.4 Å². The molecular formula is C13H13BrF3NO3. The summed E-state index contributed by atoms with van der Waals surface area (Å²) in [7, 11) is 0.961. The van der Waals surface area contributed by atoms with E-state index in [0.29, 0.717) is 5.56 Å². The Kier molecular flexibility index (Phi) is 5.77. The van der Waals surface area contributed by atoms with E-state index in [1.807, 2.05) is 0 Å². The lowest BCUT2D eigenvalue weighted by Gasteiger charge is -2.18. The van der Waals surface area contributed by atoms with Gasteiger partial charge in [0.2, 0.25) is 0 Å². The average molecular weight is 368 g/mol. The van der Waals surface area contributed by atoms with Crippen molar-refractivity contribution in [3.63, 3.8) is 0 Å². The van der Waals surface area contributed by atoms with Crippen molar-refractivity contribution in [1.82, 2.24) is 5.32 Å². The zero-order chi connectivity index (χ0) is 16.2. The zero-order valence-electron chi connectivity index (χ0n) is 11.3. The number of aryl methyl sites for hydroxylation is 1. The molecule has 1 amide bonds. The van der Waals surface area contributed by atoms with E-state index in [2.05, 4.69) is 26.0 Å². The van der Waals surface area contributed by atoms with Gasteiger partial charge in [-0.2, -0.15) is 13.2 Å². The highest BCUT2D eigenvalue weighted by atomic mass is 79.9. The highest BCUT2D eigenvalue weighted by molar-refractivity contribution is 9.10. The van der Waals surface area contributed by atoms with Crippen molar-refractivity contribution in [3.8, 4) is 0 Å². The molecule has 0 spiro atoms. The van der Waals surface area contributed by atoms with Crippen molar-refractivity contribution in [2.75, 3.05) is 7.11 Å². The van der Waals surface area contributed by atoms with E-state index in [1.165, 1.54) is 6.07 Å². The van der Waals surface area contributed by atoms with Crippen LogP contribution in [0.2, 0.25) is 0 Å². The standard InChI is InChI=1S/C13H13BrF3NO3/c1-7-5-8(14)3-4-9(7)11(19)18-10(12(20)21-2)6-13(15,16)17/h3-5,10H,6H2,1-2H3,(H,18,19)/t10-/m1/s1. The quantitative estimate of drug-likeness (QED) is 0.832. The summed E-state index contributed by atoms with van der Waals surface area (Å²) in [6.07, 6.45) is -6.08. The molecule has 0 aliphatic heterocycles. The Labute approximate surface area is 127 Å². The van der Waals surface area contributed by atoms with Crippen molar-refractivity contribution in [3.05, 3.63) is 33.8 Å². The first-order valence-corrected chi connectivity index (χ1v) is 6.65. The van der Waals surface area contributed by atoms with Crippen LogP contribution in [0, 0.1) is 6.92 Å². The molecule has 1 aromatic carbocycles. The van der Waals surface area contributed by atoms with Crippen LogP contribution in [0.5, 0.6) is 0 Å². The number of esters is 1. The van der Waals surface area contributed by atoms with Crippen LogP contribution < -0.4 is 5.32 Å². The third-order valence-corrected chi connectivity index (χ3v) is 3.15. The average Bonchev–Trinajstić information content (AvgIpc) is 2.35. The Bertz CT molecular complexity index is 546. The predicted octanol–water partition coefficient (Wildman–Crippen LogP) is 2.98. The number of rotatable bonds is 4. The van der Waals surface area contributed by atoms with Crippen LogP contribution in [-0.2, 0) is 9.53 Å². The van der Waals surface area contributed by atoms with E-state index < -0.39 is 30.5 Å². The molecular weight excluding hydrogens is 355 g/mol. The van der Waals surface area contributed by atoms with Crippen LogP contribution in [0.15, 0.2) is 22.7 Å². The number of carbonyl (C=O) groups is 2. The molecule has 0 aromatic heterocycles. The summed E-state index contributed by atoms with van der Waals surface area (Å²) in [5.41, 5.74) is 0.756. The second-order valence-electron chi connectivity index (χ2n) is 4.33. The molecule has 1 N–H and O–H groups in total. The molecule has 21 heavy (non-hydrogen) atoms. The number of hydrogen-bond acceptors (Lipinski definition) is 3. The van der Waals surface area contributed by atoms with Crippen LogP contribution >= 0.6 is 15.9 Å². The molecule has 0 saturated heterocycles. The smallest absolute Gasteiger partial charge is 0.391 e. The molecule has 0 fully saturated rings. The number of carbonyl (C=O) groups excluding carboxylic acids is 2. The molecule has 0 aliphatic carbocycles. The second-order valence-corrected chi connectivity index (χ2v) is 5.24. The molecule has 0 saturated carbocycles. The van der Waals surface area contributed by atoms with E-state index in [1.54, 1.807) is 19.1 Å². The Balaban J connectivity index is 2.92. The fourth-order valence-electron chi connectivity index (χ4n) is 1.68. The van der Waals surface area contributed by atoms with Crippen LogP contribution in [-0.4, -0.2) is 31.2 Å². The van der Waals surface area contributed by atoms with Gasteiger partial charge in [0.25, 0.3) is 5.91 Å². The number of nitrogens with one attached hydrogen (secondary N) is 1. The lowest BCUT2D eigenvalue weighted by molar-refractivity contribution is -0.160. The van der Waals surface area contributed by atoms with Gasteiger partial charge in [-0.25, -0.2) is 4.79 Å². The summed E-state index contributed by atoms with van der Waals surface area (Å²) >= 11 is 3.22. The number of halogens is 4. The van der Waals surface area contributed by atoms with Crippen molar-refractivity contribution < 1.29 is 27.5 Å². The van der Waals surface area contributed by atoms with Crippen molar-refractivity contribution in [1.29, 1.82) is 0 Å². The SMILES string of the molecule is COC(=O)[C@@H](CC(F)(F)F)NC(=O)c1ccc(Br)cc1C. The Hall–Kier alpha value is -1.57. The monoisotopic (exact) mass is 367 g/mol. The van der Waals surface area contributed by atoms with E-state index in [4.69, 9.17) is 0 Å². The first-order chi connectivity index (χ1) is 9.64. The van der Waals surface area contributed by atoms with Crippen molar-refractivity contribution >= 4 is 27.8 Å². The lowest BCUT2D eigenvalue weighted by atomic mass is 10.1. The minimum Gasteiger partial charge on any atom is -0.467 e. The van der Waals surface area contributed by atoms with Gasteiger partial charge in [-0.05, 0) is 30.7 Å². The zero-order valence-corrected chi connectivity index (χ0v) is 12.8. The Morgan fingerprint density at radius 1 is 1.38 bits per heavy atom. The first-order valence-electron chi connectivity index (χ1n) is 5.85. The maximum absolute atomic E-state index is 12.4. The van der Waals surface area contributed by atoms with Crippen LogP contribution in [0.1, 0.15) is 22.3 Å². The number of methoxy groups -OCH3 is 1. The second kappa shape index (κ2) is 6.93. The summed E-state index contributed by atoms with van der Waals surface area (Å²) in [6.45, 7) is 1.64. The molecule has 1 aromatic rings. The fourth-order valence-corrected chi connectivity index (χ4v) is 2.16. The van der Waals surface area contributed by atoms with Gasteiger partial charge >= 0.3 is 12.1 Å². The van der Waals surface area contributed by atoms with Crippen LogP contribution in [0.4, 0.5) is 13.2 Å². The molecule has 0 unspecified atom stereocenters. The minimum atomic E-state index is -4.60. The lowest BCUT2D eigenvalue weighted by Crippen LogP contribution is -2.44. The summed E-state index contributed by atoms with van der Waals surface area (Å²) < 4.78 is 42.3. The summed E-state index contributed by atoms with van der Waals surface area (Å²) in [4.78, 5) is 23.3. The molecule has 0 heterocycles. The summed E-state index contributed by atoms with van der Waals surface area (Å²) in [6, 6.07) is 2.91. The summed E-state index contributed by atoms with van der Waals surface area (Å²) in [5, 5.41) is 2.05. The van der Waals surface area contributed by atoms with E-state index >= 15 is 0 Å². The number of ether oxygens (including phenoxy) is 1. The van der Waals surface area contributed by atoms with Gasteiger partial charge in [-0.3, -0.25) is 4.79 Å². The van der Waals surface area contributed by atoms with Gasteiger partial charge in [0.1, 0.15) is 6.04 Å². The Morgan fingerprint density at radius 3 is 2.48 bits per heavy atom. The molecule has 4 nitrogen and oxygen atoms in total. The van der Waals surface area contributed by atoms with Gasteiger partial charge in [0.05, 0.1) is 13.5 Å². The first kappa shape index (κ1) is 17.5. The van der Waals surface area contributed by atoms with Gasteiger partial charge in [-0.15, -0.1) is 0 Å². The number of benzene rings is 1. The third kappa shape index (κ3) is 5.37. The maximum atomic E-state index is 12.4. The summed E-state index contributed by atoms with van der Waals surface area (Å²) in [5.74, 6) is -1.91. The molecule has 8 heteroatoms. The minimum absolute atomic E-state index is 0.189. The number of hydrogen-bond donors (Lipinski definition) is 1. The molecule has 0 aliphatic rings. The van der Waals surface area contributed by atoms with Gasteiger partial charge in [0.15, 0.2) is 0 Å². The molecule has 0 bridgehead atoms. The Morgan fingerprint density at radius 2 is 2.00 bits per heavy atom. The largest absolute Gasteiger partial charge is 0.467 e. The predicted molar refractivity (Wildman–Crippen MR) is 72.8 cm³/mol. The van der Waals surface area contributed by atoms with Crippen LogP contribution in [0.25, 0.3) is 0 Å². The molecule has 116 valence electrons. The van der Waals surface area contributed by atoms with Gasteiger partial charge < -0.3 is 10.1 Å². The molecule has 0 radical (unpaired) electrons. The molecule has 1 atom stereocenters. The van der Waals surface area contributed by atoms with E-state index in [0.717, 1.165) is 11.6 Å².